The minimum absolute atomic E-state index is 0. The Kier molecular flexibility index (Phi) is 21.7. The van der Waals surface area contributed by atoms with Crippen LogP contribution in [0.2, 0.25) is 0 Å². The lowest BCUT2D eigenvalue weighted by molar-refractivity contribution is 0.353. The number of aryl methyl sites for hydroxylation is 13. The third kappa shape index (κ3) is 16.3. The second-order valence-electron chi connectivity index (χ2n) is 23.0. The van der Waals surface area contributed by atoms with Crippen molar-refractivity contribution in [3.8, 4) is 0 Å². The Labute approximate surface area is 521 Å². The van der Waals surface area contributed by atoms with Crippen LogP contribution in [0.15, 0.2) is 207 Å². The third-order valence-corrected chi connectivity index (χ3v) is 16.0. The van der Waals surface area contributed by atoms with Crippen LogP contribution in [0.3, 0.4) is 0 Å². The average molecular weight is 1160 g/mol. The molecule has 8 nitrogen and oxygen atoms in total. The molecular formula is C80H84N8. The third-order valence-electron chi connectivity index (χ3n) is 16.0. The van der Waals surface area contributed by atoms with Crippen LogP contribution in [0.1, 0.15) is 91.5 Å². The highest BCUT2D eigenvalue weighted by Crippen LogP contribution is 2.28. The molecule has 0 atom stereocenters. The molecule has 0 bridgehead atoms. The SMILES string of the molecule is C.Cc1cc2ccccc2nc1C.Cc1cc2cccnc2nc1C.Cc1ccc2c(c1)c(C)nc1ccccc12.Cc1ccc2cccc(C)c2c1.Cc1ccc2nccc(C)c2c1.Cc1cccc2c1CN(C)C2.Cc1nc2ccccc2nc1C. The highest BCUT2D eigenvalue weighted by molar-refractivity contribution is 6.06. The van der Waals surface area contributed by atoms with Crippen LogP contribution >= 0.6 is 0 Å². The zero-order valence-corrected chi connectivity index (χ0v) is 53.1. The van der Waals surface area contributed by atoms with Gasteiger partial charge >= 0.3 is 0 Å². The first-order valence-corrected chi connectivity index (χ1v) is 29.9. The van der Waals surface area contributed by atoms with E-state index in [0.717, 1.165) is 80.2 Å². The quantitative estimate of drug-likeness (QED) is 0.139. The molecule has 0 saturated carbocycles. The first-order chi connectivity index (χ1) is 41.9. The predicted molar refractivity (Wildman–Crippen MR) is 376 cm³/mol. The van der Waals surface area contributed by atoms with Crippen LogP contribution in [0, 0.1) is 90.0 Å². The molecule has 0 fully saturated rings. The number of pyridine rings is 5. The summed E-state index contributed by atoms with van der Waals surface area (Å²) in [4.78, 5) is 33.1. The van der Waals surface area contributed by atoms with Crippen LogP contribution < -0.4 is 0 Å². The molecule has 14 aromatic rings. The van der Waals surface area contributed by atoms with Gasteiger partial charge < -0.3 is 0 Å². The summed E-state index contributed by atoms with van der Waals surface area (Å²) >= 11 is 0. The normalized spacial score (nSPS) is 11.3. The lowest BCUT2D eigenvalue weighted by atomic mass is 10.0. The summed E-state index contributed by atoms with van der Waals surface area (Å²) in [6, 6.07) is 67.2. The maximum Gasteiger partial charge on any atom is 0.159 e. The van der Waals surface area contributed by atoms with E-state index in [9.17, 15) is 0 Å². The van der Waals surface area contributed by atoms with Gasteiger partial charge in [-0.1, -0.05) is 145 Å². The largest absolute Gasteiger partial charge is 0.298 e. The summed E-state index contributed by atoms with van der Waals surface area (Å²) < 4.78 is 0. The minimum atomic E-state index is 0. The lowest BCUT2D eigenvalue weighted by Gasteiger charge is -2.07. The van der Waals surface area contributed by atoms with Crippen molar-refractivity contribution in [2.75, 3.05) is 7.05 Å². The molecule has 0 saturated heterocycles. The molecule has 0 N–H and O–H groups in total. The highest BCUT2D eigenvalue weighted by atomic mass is 15.1. The van der Waals surface area contributed by atoms with Crippen molar-refractivity contribution in [3.63, 3.8) is 0 Å². The summed E-state index contributed by atoms with van der Waals surface area (Å²) in [5.41, 5.74) is 24.8. The standard InChI is InChI=1S/C15H13N.C12H12.2C11H11N.2C10H10N2.C10H13N.CH4/c1-10-7-8-12-13-5-3-4-6-15(13)16-11(2)14(12)9-10;1-9-6-7-11-5-3-4-10(2)12(11)8-9;1-8-3-4-11-10(7-8)9(2)5-6-12-11;1-8-7-10-5-3-4-6-11(10)12-9(8)2;1-7-6-9-4-3-5-11-10(9)12-8(7)2;1-7-8(2)12-10-6-4-3-5-9(10)11-7;1-8-4-3-5-9-6-11(2)7-10(8)9;/h3-9H,1-2H3;3-8H,1-2H3;2*3-7H,1-2H3;2*3-6H,1-2H3;3-5H,6-7H2,1-2H3;1H4. The van der Waals surface area contributed by atoms with E-state index in [1.54, 1.807) is 6.20 Å². The van der Waals surface area contributed by atoms with Crippen LogP contribution in [0.4, 0.5) is 0 Å². The van der Waals surface area contributed by atoms with Crippen LogP contribution in [0.25, 0.3) is 76.3 Å². The highest BCUT2D eigenvalue weighted by Gasteiger charge is 2.16. The molecule has 15 rings (SSSR count). The molecule has 1 aliphatic rings. The van der Waals surface area contributed by atoms with Crippen molar-refractivity contribution in [2.45, 2.75) is 111 Å². The number of fused-ring (bicyclic) bond motifs is 9. The van der Waals surface area contributed by atoms with Crippen molar-refractivity contribution < 1.29 is 0 Å². The van der Waals surface area contributed by atoms with E-state index in [1.807, 2.05) is 101 Å². The van der Waals surface area contributed by atoms with Crippen molar-refractivity contribution in [1.82, 2.24) is 39.8 Å². The van der Waals surface area contributed by atoms with E-state index in [1.165, 1.54) is 93.3 Å². The van der Waals surface area contributed by atoms with Gasteiger partial charge in [-0.2, -0.15) is 0 Å². The summed E-state index contributed by atoms with van der Waals surface area (Å²) in [6.07, 6.45) is 3.62. The number of benzene rings is 8. The van der Waals surface area contributed by atoms with Gasteiger partial charge in [-0.15, -0.1) is 0 Å². The molecule has 8 aromatic carbocycles. The number of hydrogen-bond donors (Lipinski definition) is 0. The topological polar surface area (TPSA) is 93.5 Å². The summed E-state index contributed by atoms with van der Waals surface area (Å²) in [5.74, 6) is 0. The zero-order valence-electron chi connectivity index (χ0n) is 53.1. The second kappa shape index (κ2) is 29.6. The van der Waals surface area contributed by atoms with Gasteiger partial charge in [-0.05, 0) is 225 Å². The molecule has 1 aliphatic heterocycles. The Hall–Kier alpha value is -9.63. The Balaban J connectivity index is 0.000000133. The van der Waals surface area contributed by atoms with Gasteiger partial charge in [0.25, 0.3) is 0 Å². The number of hydrogen-bond acceptors (Lipinski definition) is 8. The zero-order chi connectivity index (χ0) is 61.7. The van der Waals surface area contributed by atoms with Gasteiger partial charge in [-0.3, -0.25) is 19.9 Å². The van der Waals surface area contributed by atoms with Crippen molar-refractivity contribution in [3.05, 3.63) is 291 Å². The molecule has 0 aliphatic carbocycles. The molecule has 0 radical (unpaired) electrons. The summed E-state index contributed by atoms with van der Waals surface area (Å²) in [7, 11) is 2.17. The Morgan fingerprint density at radius 2 is 0.818 bits per heavy atom. The van der Waals surface area contributed by atoms with Crippen molar-refractivity contribution >= 4 is 76.3 Å². The first kappa shape index (κ1) is 64.4. The van der Waals surface area contributed by atoms with Gasteiger partial charge in [0.05, 0.1) is 39.0 Å². The fourth-order valence-corrected chi connectivity index (χ4v) is 10.6. The van der Waals surface area contributed by atoms with E-state index in [0.29, 0.717) is 0 Å². The van der Waals surface area contributed by atoms with E-state index in [2.05, 4.69) is 237 Å². The molecule has 444 valence electrons. The van der Waals surface area contributed by atoms with Crippen LogP contribution in [0.5, 0.6) is 0 Å². The number of aromatic nitrogens is 7. The number of para-hydroxylation sites is 4. The maximum atomic E-state index is 4.64. The minimum Gasteiger partial charge on any atom is -0.298 e. The van der Waals surface area contributed by atoms with Crippen LogP contribution in [-0.2, 0) is 13.1 Å². The molecular weight excluding hydrogens is 1070 g/mol. The molecule has 7 heterocycles. The molecule has 6 aromatic heterocycles. The van der Waals surface area contributed by atoms with E-state index < -0.39 is 0 Å². The fourth-order valence-electron chi connectivity index (χ4n) is 10.6. The van der Waals surface area contributed by atoms with E-state index in [4.69, 9.17) is 0 Å². The number of nitrogens with zero attached hydrogens (tertiary/aromatic N) is 8. The predicted octanol–water partition coefficient (Wildman–Crippen LogP) is 20.2. The van der Waals surface area contributed by atoms with Gasteiger partial charge in [0.1, 0.15) is 0 Å². The summed E-state index contributed by atoms with van der Waals surface area (Å²) in [5, 5.41) is 10.1. The van der Waals surface area contributed by atoms with Gasteiger partial charge in [0, 0.05) is 69.5 Å². The molecule has 8 heteroatoms. The second-order valence-corrected chi connectivity index (χ2v) is 23.0. The molecule has 0 unspecified atom stereocenters. The van der Waals surface area contributed by atoms with Gasteiger partial charge in [0.2, 0.25) is 0 Å². The molecule has 88 heavy (non-hydrogen) atoms. The first-order valence-electron chi connectivity index (χ1n) is 29.9. The van der Waals surface area contributed by atoms with Crippen molar-refractivity contribution in [2.24, 2.45) is 0 Å². The van der Waals surface area contributed by atoms with E-state index >= 15 is 0 Å². The lowest BCUT2D eigenvalue weighted by Crippen LogP contribution is -2.07. The van der Waals surface area contributed by atoms with Gasteiger partial charge in [0.15, 0.2) is 5.65 Å². The average Bonchev–Trinajstić information content (AvgIpc) is 2.60. The maximum absolute atomic E-state index is 4.64. The number of rotatable bonds is 0. The molecule has 0 amide bonds. The monoisotopic (exact) mass is 1160 g/mol. The van der Waals surface area contributed by atoms with Gasteiger partial charge in [-0.25, -0.2) is 19.9 Å². The smallest absolute Gasteiger partial charge is 0.159 e. The molecule has 0 spiro atoms. The van der Waals surface area contributed by atoms with Crippen LogP contribution in [-0.4, -0.2) is 46.8 Å². The Morgan fingerprint density at radius 3 is 1.52 bits per heavy atom. The Morgan fingerprint density at radius 1 is 0.295 bits per heavy atom. The van der Waals surface area contributed by atoms with E-state index in [-0.39, 0.29) is 7.43 Å². The summed E-state index contributed by atoms with van der Waals surface area (Å²) in [6.45, 7) is 29.3. The fraction of sp³-hybridized carbons (Fsp3) is 0.212. The Bertz CT molecular complexity index is 4320. The van der Waals surface area contributed by atoms with Crippen molar-refractivity contribution in [1.29, 1.82) is 0 Å².